The van der Waals surface area contributed by atoms with Crippen LogP contribution in [-0.2, 0) is 6.42 Å². The van der Waals surface area contributed by atoms with Crippen molar-refractivity contribution in [2.45, 2.75) is 6.42 Å². The van der Waals surface area contributed by atoms with Crippen LogP contribution in [0, 0.1) is 16.4 Å². The van der Waals surface area contributed by atoms with Gasteiger partial charge in [-0.25, -0.2) is 8.78 Å². The maximum absolute atomic E-state index is 14.0. The smallest absolute Gasteiger partial charge is 0.199 e. The Kier molecular flexibility index (Phi) is 4.48. The summed E-state index contributed by atoms with van der Waals surface area (Å²) in [4.78, 5) is 0. The van der Waals surface area contributed by atoms with E-state index in [1.165, 1.54) is 30.3 Å². The standard InChI is InChI=1S/C15H9Cl2F2N3S/c16-10-2-1-3-12(18)9(10)7-14-20-21-15(23)22(14)8-4-5-13(19)11(17)6-8/h1-6H,7H2,(H,21,23). The number of benzene rings is 2. The third-order valence-electron chi connectivity index (χ3n) is 3.30. The van der Waals surface area contributed by atoms with Gasteiger partial charge in [0, 0.05) is 17.0 Å². The van der Waals surface area contributed by atoms with Gasteiger partial charge in [-0.1, -0.05) is 29.3 Å². The van der Waals surface area contributed by atoms with Gasteiger partial charge in [-0.15, -0.1) is 0 Å². The molecule has 3 nitrogen and oxygen atoms in total. The molecule has 1 N–H and O–H groups in total. The molecule has 3 rings (SSSR count). The van der Waals surface area contributed by atoms with Gasteiger partial charge in [-0.05, 0) is 42.5 Å². The van der Waals surface area contributed by atoms with Gasteiger partial charge in [0.05, 0.1) is 10.7 Å². The summed E-state index contributed by atoms with van der Waals surface area (Å²) in [5, 5.41) is 7.00. The zero-order valence-electron chi connectivity index (χ0n) is 11.5. The van der Waals surface area contributed by atoms with Gasteiger partial charge in [-0.2, -0.15) is 5.10 Å². The fourth-order valence-electron chi connectivity index (χ4n) is 2.20. The van der Waals surface area contributed by atoms with E-state index in [4.69, 9.17) is 35.4 Å². The fourth-order valence-corrected chi connectivity index (χ4v) is 2.86. The SMILES string of the molecule is Fc1ccc(-n2c(Cc3c(F)cccc3Cl)n[nH]c2=S)cc1Cl. The zero-order chi connectivity index (χ0) is 16.6. The molecular weight excluding hydrogens is 363 g/mol. The van der Waals surface area contributed by atoms with Crippen molar-refractivity contribution in [3.8, 4) is 5.69 Å². The van der Waals surface area contributed by atoms with Gasteiger partial charge >= 0.3 is 0 Å². The van der Waals surface area contributed by atoms with E-state index in [2.05, 4.69) is 10.2 Å². The van der Waals surface area contributed by atoms with Gasteiger partial charge in [0.15, 0.2) is 4.77 Å². The first kappa shape index (κ1) is 16.1. The van der Waals surface area contributed by atoms with E-state index in [9.17, 15) is 8.78 Å². The highest BCUT2D eigenvalue weighted by molar-refractivity contribution is 7.71. The molecule has 0 saturated carbocycles. The Morgan fingerprint density at radius 2 is 1.87 bits per heavy atom. The molecule has 0 bridgehead atoms. The number of aromatic nitrogens is 3. The summed E-state index contributed by atoms with van der Waals surface area (Å²) in [7, 11) is 0. The number of nitrogens with one attached hydrogen (secondary N) is 1. The van der Waals surface area contributed by atoms with Crippen LogP contribution >= 0.6 is 35.4 Å². The van der Waals surface area contributed by atoms with Gasteiger partial charge < -0.3 is 0 Å². The lowest BCUT2D eigenvalue weighted by atomic mass is 10.1. The summed E-state index contributed by atoms with van der Waals surface area (Å²) in [6, 6.07) is 8.61. The minimum absolute atomic E-state index is 0.0412. The molecule has 0 fully saturated rings. The summed E-state index contributed by atoms with van der Waals surface area (Å²) in [6.45, 7) is 0. The monoisotopic (exact) mass is 371 g/mol. The lowest BCUT2D eigenvalue weighted by molar-refractivity contribution is 0.611. The predicted molar refractivity (Wildman–Crippen MR) is 87.9 cm³/mol. The molecule has 0 atom stereocenters. The van der Waals surface area contributed by atoms with Crippen LogP contribution in [0.15, 0.2) is 36.4 Å². The zero-order valence-corrected chi connectivity index (χ0v) is 13.8. The van der Waals surface area contributed by atoms with Crippen molar-refractivity contribution < 1.29 is 8.78 Å². The number of nitrogens with zero attached hydrogens (tertiary/aromatic N) is 2. The summed E-state index contributed by atoms with van der Waals surface area (Å²) in [6.07, 6.45) is 0.119. The average Bonchev–Trinajstić information content (AvgIpc) is 2.87. The molecule has 0 aliphatic heterocycles. The van der Waals surface area contributed by atoms with E-state index in [0.29, 0.717) is 22.1 Å². The van der Waals surface area contributed by atoms with Crippen molar-refractivity contribution in [2.75, 3.05) is 0 Å². The Bertz CT molecular complexity index is 916. The van der Waals surface area contributed by atoms with Crippen LogP contribution in [0.5, 0.6) is 0 Å². The second-order valence-electron chi connectivity index (χ2n) is 4.76. The molecule has 8 heteroatoms. The van der Waals surface area contributed by atoms with Gasteiger partial charge in [0.25, 0.3) is 0 Å². The summed E-state index contributed by atoms with van der Waals surface area (Å²) < 4.78 is 29.1. The van der Waals surface area contributed by atoms with E-state index < -0.39 is 11.6 Å². The highest BCUT2D eigenvalue weighted by atomic mass is 35.5. The summed E-state index contributed by atoms with van der Waals surface area (Å²) in [5.74, 6) is -0.538. The van der Waals surface area contributed by atoms with Crippen LogP contribution in [0.1, 0.15) is 11.4 Å². The van der Waals surface area contributed by atoms with Crippen molar-refractivity contribution in [3.63, 3.8) is 0 Å². The Balaban J connectivity index is 2.09. The molecule has 0 aliphatic carbocycles. The number of halogens is 4. The summed E-state index contributed by atoms with van der Waals surface area (Å²) >= 11 is 17.1. The first-order chi connectivity index (χ1) is 11.0. The number of hydrogen-bond donors (Lipinski definition) is 1. The molecule has 0 radical (unpaired) electrons. The van der Waals surface area contributed by atoms with Crippen LogP contribution in [-0.4, -0.2) is 14.8 Å². The number of aromatic amines is 1. The molecule has 0 saturated heterocycles. The Morgan fingerprint density at radius 1 is 1.09 bits per heavy atom. The lowest BCUT2D eigenvalue weighted by Gasteiger charge is -2.09. The van der Waals surface area contributed by atoms with E-state index in [1.54, 1.807) is 10.6 Å². The molecule has 23 heavy (non-hydrogen) atoms. The van der Waals surface area contributed by atoms with E-state index in [-0.39, 0.29) is 16.2 Å². The van der Waals surface area contributed by atoms with Crippen LogP contribution in [0.4, 0.5) is 8.78 Å². The molecule has 1 heterocycles. The average molecular weight is 372 g/mol. The highest BCUT2D eigenvalue weighted by Gasteiger charge is 2.15. The molecular formula is C15H9Cl2F2N3S. The van der Waals surface area contributed by atoms with E-state index in [0.717, 1.165) is 0 Å². The van der Waals surface area contributed by atoms with Gasteiger partial charge in [-0.3, -0.25) is 9.67 Å². The number of H-pyrrole nitrogens is 1. The first-order valence-electron chi connectivity index (χ1n) is 6.52. The molecule has 3 aromatic rings. The number of hydrogen-bond acceptors (Lipinski definition) is 2. The normalized spacial score (nSPS) is 11.0. The largest absolute Gasteiger partial charge is 0.272 e. The predicted octanol–water partition coefficient (Wildman–Crippen LogP) is 5.11. The second-order valence-corrected chi connectivity index (χ2v) is 5.96. The number of rotatable bonds is 3. The van der Waals surface area contributed by atoms with E-state index in [1.807, 2.05) is 0 Å². The lowest BCUT2D eigenvalue weighted by Crippen LogP contribution is -2.04. The third kappa shape index (κ3) is 3.15. The van der Waals surface area contributed by atoms with Gasteiger partial charge in [0.2, 0.25) is 0 Å². The van der Waals surface area contributed by atoms with Crippen LogP contribution in [0.2, 0.25) is 10.0 Å². The quantitative estimate of drug-likeness (QED) is 0.649. The second kappa shape index (κ2) is 6.39. The van der Waals surface area contributed by atoms with Crippen molar-refractivity contribution in [2.24, 2.45) is 0 Å². The Labute approximate surface area is 145 Å². The molecule has 2 aromatic carbocycles. The topological polar surface area (TPSA) is 33.6 Å². The minimum atomic E-state index is -0.538. The van der Waals surface area contributed by atoms with Crippen LogP contribution < -0.4 is 0 Å². The third-order valence-corrected chi connectivity index (χ3v) is 4.22. The molecule has 0 aliphatic rings. The fraction of sp³-hybridized carbons (Fsp3) is 0.0667. The molecule has 0 amide bonds. The van der Waals surface area contributed by atoms with Crippen molar-refractivity contribution in [1.82, 2.24) is 14.8 Å². The minimum Gasteiger partial charge on any atom is -0.272 e. The first-order valence-corrected chi connectivity index (χ1v) is 7.68. The molecule has 118 valence electrons. The molecule has 0 spiro atoms. The maximum atomic E-state index is 14.0. The van der Waals surface area contributed by atoms with Crippen LogP contribution in [0.3, 0.4) is 0 Å². The van der Waals surface area contributed by atoms with Crippen molar-refractivity contribution >= 4 is 35.4 Å². The molecule has 1 aromatic heterocycles. The van der Waals surface area contributed by atoms with E-state index >= 15 is 0 Å². The summed E-state index contributed by atoms with van der Waals surface area (Å²) in [5.41, 5.74) is 0.829. The molecule has 0 unspecified atom stereocenters. The van der Waals surface area contributed by atoms with Gasteiger partial charge in [0.1, 0.15) is 17.5 Å². The Morgan fingerprint density at radius 3 is 2.57 bits per heavy atom. The van der Waals surface area contributed by atoms with Crippen molar-refractivity contribution in [1.29, 1.82) is 0 Å². The van der Waals surface area contributed by atoms with Crippen molar-refractivity contribution in [3.05, 3.63) is 74.2 Å². The Hall–Kier alpha value is -1.76. The van der Waals surface area contributed by atoms with Crippen LogP contribution in [0.25, 0.3) is 5.69 Å². The maximum Gasteiger partial charge on any atom is 0.199 e. The highest BCUT2D eigenvalue weighted by Crippen LogP contribution is 2.24.